The molecule has 2 amide bonds. The first-order valence-corrected chi connectivity index (χ1v) is 9.83. The molecule has 10 heteroatoms. The number of aromatic amines is 2. The third kappa shape index (κ3) is 4.33. The first-order valence-electron chi connectivity index (χ1n) is 9.83. The first-order chi connectivity index (χ1) is 14.8. The van der Waals surface area contributed by atoms with Crippen LogP contribution in [0.15, 0.2) is 41.2 Å². The summed E-state index contributed by atoms with van der Waals surface area (Å²) in [5, 5.41) is 2.84. The summed E-state index contributed by atoms with van der Waals surface area (Å²) in [7, 11) is 0. The molecule has 0 bridgehead atoms. The summed E-state index contributed by atoms with van der Waals surface area (Å²) in [6, 6.07) is 7.74. The van der Waals surface area contributed by atoms with Gasteiger partial charge in [0.15, 0.2) is 11.6 Å². The third-order valence-electron chi connectivity index (χ3n) is 5.48. The fourth-order valence-corrected chi connectivity index (χ4v) is 3.65. The molecule has 1 aliphatic rings. The minimum Gasteiger partial charge on any atom is -0.336 e. The van der Waals surface area contributed by atoms with Crippen LogP contribution in [0.4, 0.5) is 14.5 Å². The van der Waals surface area contributed by atoms with Crippen molar-refractivity contribution in [1.29, 1.82) is 0 Å². The van der Waals surface area contributed by atoms with Gasteiger partial charge in [0.2, 0.25) is 5.91 Å². The summed E-state index contributed by atoms with van der Waals surface area (Å²) < 4.78 is 26.5. The number of halogens is 2. The Labute approximate surface area is 175 Å². The fraction of sp³-hybridized carbons (Fsp3) is 0.286. The number of hydrogen-bond acceptors (Lipinski definition) is 4. The quantitative estimate of drug-likeness (QED) is 0.590. The highest BCUT2D eigenvalue weighted by molar-refractivity contribution is 5.96. The van der Waals surface area contributed by atoms with Gasteiger partial charge in [-0.25, -0.2) is 13.6 Å². The number of fused-ring (bicyclic) bond motifs is 1. The molecule has 0 saturated carbocycles. The van der Waals surface area contributed by atoms with Crippen molar-refractivity contribution in [2.45, 2.75) is 13.0 Å². The van der Waals surface area contributed by atoms with Gasteiger partial charge in [-0.1, -0.05) is 0 Å². The van der Waals surface area contributed by atoms with E-state index in [1.165, 1.54) is 6.07 Å². The molecule has 3 N–H and O–H groups in total. The van der Waals surface area contributed by atoms with Crippen LogP contribution in [0.2, 0.25) is 0 Å². The molecule has 2 aromatic carbocycles. The predicted molar refractivity (Wildman–Crippen MR) is 111 cm³/mol. The molecular formula is C21H21F2N5O3. The second-order valence-electron chi connectivity index (χ2n) is 7.46. The summed E-state index contributed by atoms with van der Waals surface area (Å²) in [6.45, 7) is 3.44. The van der Waals surface area contributed by atoms with Crippen molar-refractivity contribution in [3.8, 4) is 0 Å². The summed E-state index contributed by atoms with van der Waals surface area (Å²) in [5.41, 5.74) is 1.59. The van der Waals surface area contributed by atoms with E-state index in [1.807, 2.05) is 4.90 Å². The lowest BCUT2D eigenvalue weighted by molar-refractivity contribution is -0.121. The summed E-state index contributed by atoms with van der Waals surface area (Å²) in [6.07, 6.45) is 0. The van der Waals surface area contributed by atoms with E-state index in [0.717, 1.165) is 12.1 Å². The maximum atomic E-state index is 13.4. The van der Waals surface area contributed by atoms with Crippen molar-refractivity contribution < 1.29 is 18.4 Å². The largest absolute Gasteiger partial charge is 0.336 e. The number of hydrogen-bond donors (Lipinski definition) is 3. The number of imidazole rings is 1. The number of piperazine rings is 1. The average molecular weight is 429 g/mol. The Hall–Kier alpha value is -3.53. The van der Waals surface area contributed by atoms with E-state index in [9.17, 15) is 23.2 Å². The number of aromatic nitrogens is 2. The van der Waals surface area contributed by atoms with Gasteiger partial charge in [0.05, 0.1) is 17.1 Å². The van der Waals surface area contributed by atoms with Crippen molar-refractivity contribution in [3.63, 3.8) is 0 Å². The standard InChI is InChI=1S/C21H21F2N5O3/c1-12(19(29)24-14-3-5-17-18(11-14)26-21(31)25-17)27-6-8-28(9-7-27)20(30)13-2-4-15(22)16(23)10-13/h2-5,10-12H,6-9H2,1H3,(H,24,29)(H2,25,26,31). The number of nitrogens with zero attached hydrogens (tertiary/aromatic N) is 2. The molecule has 1 fully saturated rings. The molecule has 31 heavy (non-hydrogen) atoms. The average Bonchev–Trinajstić information content (AvgIpc) is 3.14. The van der Waals surface area contributed by atoms with E-state index < -0.39 is 17.7 Å². The Bertz CT molecular complexity index is 1200. The van der Waals surface area contributed by atoms with Crippen LogP contribution in [0.3, 0.4) is 0 Å². The van der Waals surface area contributed by atoms with E-state index in [2.05, 4.69) is 15.3 Å². The molecule has 1 saturated heterocycles. The second kappa shape index (κ2) is 8.31. The lowest BCUT2D eigenvalue weighted by atomic mass is 10.1. The lowest BCUT2D eigenvalue weighted by Gasteiger charge is -2.37. The molecule has 2 heterocycles. The Kier molecular flexibility index (Phi) is 5.55. The van der Waals surface area contributed by atoms with Crippen LogP contribution in [0.25, 0.3) is 11.0 Å². The van der Waals surface area contributed by atoms with Gasteiger partial charge in [-0.2, -0.15) is 0 Å². The minimum atomic E-state index is -1.06. The zero-order valence-electron chi connectivity index (χ0n) is 16.7. The van der Waals surface area contributed by atoms with Crippen LogP contribution in [0, 0.1) is 11.6 Å². The van der Waals surface area contributed by atoms with Crippen LogP contribution in [-0.4, -0.2) is 63.8 Å². The molecule has 1 aromatic heterocycles. The molecule has 1 aliphatic heterocycles. The van der Waals surface area contributed by atoms with E-state index >= 15 is 0 Å². The molecule has 3 aromatic rings. The Morgan fingerprint density at radius 3 is 2.39 bits per heavy atom. The molecule has 162 valence electrons. The van der Waals surface area contributed by atoms with Gasteiger partial charge in [0.25, 0.3) is 5.91 Å². The van der Waals surface area contributed by atoms with Crippen molar-refractivity contribution in [2.75, 3.05) is 31.5 Å². The predicted octanol–water partition coefficient (Wildman–Crippen LogP) is 1.92. The molecule has 4 rings (SSSR count). The highest BCUT2D eigenvalue weighted by Gasteiger charge is 2.28. The van der Waals surface area contributed by atoms with Gasteiger partial charge in [-0.05, 0) is 43.3 Å². The Balaban J connectivity index is 1.35. The van der Waals surface area contributed by atoms with E-state index in [0.29, 0.717) is 42.9 Å². The number of carbonyl (C=O) groups excluding carboxylic acids is 2. The van der Waals surface area contributed by atoms with Crippen LogP contribution >= 0.6 is 0 Å². The van der Waals surface area contributed by atoms with Crippen molar-refractivity contribution in [1.82, 2.24) is 19.8 Å². The Morgan fingerprint density at radius 1 is 0.968 bits per heavy atom. The summed E-state index contributed by atoms with van der Waals surface area (Å²) >= 11 is 0. The monoisotopic (exact) mass is 429 g/mol. The summed E-state index contributed by atoms with van der Waals surface area (Å²) in [5.74, 6) is -2.64. The highest BCUT2D eigenvalue weighted by Crippen LogP contribution is 2.17. The van der Waals surface area contributed by atoms with Gasteiger partial charge in [0, 0.05) is 37.4 Å². The molecule has 1 unspecified atom stereocenters. The van der Waals surface area contributed by atoms with Crippen LogP contribution < -0.4 is 11.0 Å². The van der Waals surface area contributed by atoms with E-state index in [1.54, 1.807) is 30.0 Å². The number of anilines is 1. The van der Waals surface area contributed by atoms with Crippen LogP contribution in [-0.2, 0) is 4.79 Å². The van der Waals surface area contributed by atoms with Crippen molar-refractivity contribution in [2.24, 2.45) is 0 Å². The molecule has 8 nitrogen and oxygen atoms in total. The highest BCUT2D eigenvalue weighted by atomic mass is 19.2. The number of benzene rings is 2. The first kappa shape index (κ1) is 20.7. The zero-order valence-corrected chi connectivity index (χ0v) is 16.7. The minimum absolute atomic E-state index is 0.0938. The molecule has 1 atom stereocenters. The topological polar surface area (TPSA) is 101 Å². The summed E-state index contributed by atoms with van der Waals surface area (Å²) in [4.78, 5) is 45.4. The van der Waals surface area contributed by atoms with Gasteiger partial charge in [-0.15, -0.1) is 0 Å². The second-order valence-corrected chi connectivity index (χ2v) is 7.46. The maximum Gasteiger partial charge on any atom is 0.323 e. The molecule has 0 radical (unpaired) electrons. The van der Waals surface area contributed by atoms with Gasteiger partial charge in [-0.3, -0.25) is 14.5 Å². The molecule has 0 aliphatic carbocycles. The van der Waals surface area contributed by atoms with Gasteiger partial charge >= 0.3 is 5.69 Å². The SMILES string of the molecule is CC(C(=O)Nc1ccc2[nH]c(=O)[nH]c2c1)N1CCN(C(=O)c2ccc(F)c(F)c2)CC1. The fourth-order valence-electron chi connectivity index (χ4n) is 3.65. The number of amides is 2. The number of rotatable bonds is 4. The number of nitrogens with one attached hydrogen (secondary N) is 3. The van der Waals surface area contributed by atoms with E-state index in [4.69, 9.17) is 0 Å². The van der Waals surface area contributed by atoms with Crippen LogP contribution in [0.5, 0.6) is 0 Å². The van der Waals surface area contributed by atoms with Crippen LogP contribution in [0.1, 0.15) is 17.3 Å². The molecular weight excluding hydrogens is 408 g/mol. The van der Waals surface area contributed by atoms with E-state index in [-0.39, 0.29) is 23.1 Å². The number of carbonyl (C=O) groups is 2. The third-order valence-corrected chi connectivity index (χ3v) is 5.48. The van der Waals surface area contributed by atoms with Gasteiger partial charge < -0.3 is 20.2 Å². The van der Waals surface area contributed by atoms with Crippen molar-refractivity contribution >= 4 is 28.5 Å². The normalized spacial score (nSPS) is 15.8. The zero-order chi connectivity index (χ0) is 22.1. The van der Waals surface area contributed by atoms with Crippen molar-refractivity contribution in [3.05, 3.63) is 64.1 Å². The smallest absolute Gasteiger partial charge is 0.323 e. The maximum absolute atomic E-state index is 13.4. The Morgan fingerprint density at radius 2 is 1.68 bits per heavy atom. The molecule has 0 spiro atoms. The lowest BCUT2D eigenvalue weighted by Crippen LogP contribution is -2.54. The van der Waals surface area contributed by atoms with Gasteiger partial charge in [0.1, 0.15) is 0 Å². The number of H-pyrrole nitrogens is 2.